The number of hydrogen-bond acceptors (Lipinski definition) is 5. The summed E-state index contributed by atoms with van der Waals surface area (Å²) in [4.78, 5) is 55.6. The van der Waals surface area contributed by atoms with Crippen LogP contribution in [0.15, 0.2) is 48.5 Å². The van der Waals surface area contributed by atoms with Gasteiger partial charge in [-0.1, -0.05) is 45.0 Å². The molecule has 35 heavy (non-hydrogen) atoms. The van der Waals surface area contributed by atoms with Gasteiger partial charge in [-0.05, 0) is 48.9 Å². The van der Waals surface area contributed by atoms with Gasteiger partial charge in [0.25, 0.3) is 17.7 Å². The highest BCUT2D eigenvalue weighted by Gasteiger charge is 2.57. The van der Waals surface area contributed by atoms with Gasteiger partial charge in [0.1, 0.15) is 5.75 Å². The summed E-state index contributed by atoms with van der Waals surface area (Å²) in [5.74, 6) is -0.695. The SMILES string of the molecule is CC(C)[C@@H]1CC[C@@H](C)C[C@]12Oc1ccccc1C(=O)N2C(=O)CCN1C(=O)c2ccccc2C1=O. The van der Waals surface area contributed by atoms with E-state index in [-0.39, 0.29) is 36.6 Å². The molecule has 2 aliphatic heterocycles. The van der Waals surface area contributed by atoms with Crippen molar-refractivity contribution in [3.05, 3.63) is 65.2 Å². The molecule has 0 unspecified atom stereocenters. The van der Waals surface area contributed by atoms with Crippen molar-refractivity contribution >= 4 is 23.6 Å². The smallest absolute Gasteiger partial charge is 0.267 e. The third-order valence-electron chi connectivity index (χ3n) is 7.66. The number of rotatable bonds is 4. The monoisotopic (exact) mass is 474 g/mol. The summed E-state index contributed by atoms with van der Waals surface area (Å²) >= 11 is 0. The minimum Gasteiger partial charge on any atom is -0.466 e. The molecule has 2 heterocycles. The number of benzene rings is 2. The fourth-order valence-electron chi connectivity index (χ4n) is 6.02. The molecule has 1 saturated carbocycles. The van der Waals surface area contributed by atoms with E-state index in [4.69, 9.17) is 4.74 Å². The lowest BCUT2D eigenvalue weighted by atomic mass is 9.69. The molecule has 0 saturated heterocycles. The average Bonchev–Trinajstić information content (AvgIpc) is 3.07. The zero-order valence-electron chi connectivity index (χ0n) is 20.3. The second-order valence-corrected chi connectivity index (χ2v) is 10.3. The first-order valence-corrected chi connectivity index (χ1v) is 12.3. The summed E-state index contributed by atoms with van der Waals surface area (Å²) in [7, 11) is 0. The van der Waals surface area contributed by atoms with Crippen LogP contribution in [0.2, 0.25) is 0 Å². The highest BCUT2D eigenvalue weighted by atomic mass is 16.5. The van der Waals surface area contributed by atoms with Crippen molar-refractivity contribution in [1.82, 2.24) is 9.80 Å². The molecule has 0 N–H and O–H groups in total. The van der Waals surface area contributed by atoms with E-state index in [0.29, 0.717) is 28.9 Å². The van der Waals surface area contributed by atoms with Gasteiger partial charge in [0.05, 0.1) is 16.7 Å². The predicted molar refractivity (Wildman–Crippen MR) is 129 cm³/mol. The van der Waals surface area contributed by atoms with Gasteiger partial charge in [-0.3, -0.25) is 24.1 Å². The van der Waals surface area contributed by atoms with Gasteiger partial charge in [-0.15, -0.1) is 0 Å². The maximum Gasteiger partial charge on any atom is 0.267 e. The number of nitrogens with zero attached hydrogens (tertiary/aromatic N) is 2. The van der Waals surface area contributed by atoms with Crippen LogP contribution in [0, 0.1) is 17.8 Å². The molecule has 1 spiro atoms. The number of imide groups is 2. The second kappa shape index (κ2) is 8.63. The normalized spacial score (nSPS) is 25.7. The number of ether oxygens (including phenoxy) is 1. The molecule has 7 heteroatoms. The van der Waals surface area contributed by atoms with E-state index in [1.807, 2.05) is 6.07 Å². The standard InChI is InChI=1S/C28H30N2O5/c1-17(2)22-13-12-18(3)16-28(22)30(27(34)21-10-6-7-11-23(21)35-28)24(31)14-15-29-25(32)19-8-4-5-9-20(19)26(29)33/h4-11,17-18,22H,12-16H2,1-3H3/t18-,22+,28+/m1/s1. The van der Waals surface area contributed by atoms with Crippen molar-refractivity contribution in [2.75, 3.05) is 6.54 Å². The Bertz CT molecular complexity index is 1190. The van der Waals surface area contributed by atoms with Crippen LogP contribution < -0.4 is 4.74 Å². The Hall–Kier alpha value is -3.48. The molecule has 0 aromatic heterocycles. The van der Waals surface area contributed by atoms with Crippen LogP contribution in [-0.4, -0.2) is 45.7 Å². The lowest BCUT2D eigenvalue weighted by molar-refractivity contribution is -0.176. The average molecular weight is 475 g/mol. The van der Waals surface area contributed by atoms with Crippen LogP contribution in [0.1, 0.15) is 77.5 Å². The molecule has 3 atom stereocenters. The molecule has 0 bridgehead atoms. The third kappa shape index (κ3) is 3.65. The molecule has 2 aromatic rings. The third-order valence-corrected chi connectivity index (χ3v) is 7.66. The lowest BCUT2D eigenvalue weighted by Crippen LogP contribution is -2.67. The number of amides is 4. The number of fused-ring (bicyclic) bond motifs is 2. The predicted octanol–water partition coefficient (Wildman–Crippen LogP) is 4.52. The van der Waals surface area contributed by atoms with E-state index in [1.54, 1.807) is 42.5 Å². The maximum absolute atomic E-state index is 13.8. The molecule has 182 valence electrons. The van der Waals surface area contributed by atoms with Crippen LogP contribution in [0.4, 0.5) is 0 Å². The summed E-state index contributed by atoms with van der Waals surface area (Å²) in [6.45, 7) is 6.22. The summed E-state index contributed by atoms with van der Waals surface area (Å²) < 4.78 is 6.61. The molecule has 2 aromatic carbocycles. The largest absolute Gasteiger partial charge is 0.466 e. The van der Waals surface area contributed by atoms with Gasteiger partial charge in [0.15, 0.2) is 5.72 Å². The molecule has 0 radical (unpaired) electrons. The van der Waals surface area contributed by atoms with Gasteiger partial charge in [0, 0.05) is 25.3 Å². The van der Waals surface area contributed by atoms with E-state index < -0.39 is 23.4 Å². The topological polar surface area (TPSA) is 84.0 Å². The Morgan fingerprint density at radius 3 is 2.17 bits per heavy atom. The van der Waals surface area contributed by atoms with Crippen molar-refractivity contribution in [3.63, 3.8) is 0 Å². The molecule has 3 aliphatic rings. The van der Waals surface area contributed by atoms with E-state index in [1.165, 1.54) is 4.90 Å². The van der Waals surface area contributed by atoms with Gasteiger partial charge in [-0.25, -0.2) is 4.90 Å². The Labute approximate surface area is 205 Å². The van der Waals surface area contributed by atoms with Crippen molar-refractivity contribution in [3.8, 4) is 5.75 Å². The van der Waals surface area contributed by atoms with E-state index in [2.05, 4.69) is 20.8 Å². The minimum absolute atomic E-state index is 0.0285. The van der Waals surface area contributed by atoms with Crippen molar-refractivity contribution in [2.45, 2.75) is 52.2 Å². The summed E-state index contributed by atoms with van der Waals surface area (Å²) in [5, 5.41) is 0. The van der Waals surface area contributed by atoms with Crippen LogP contribution in [0.25, 0.3) is 0 Å². The summed E-state index contributed by atoms with van der Waals surface area (Å²) in [5.41, 5.74) is -0.0496. The summed E-state index contributed by atoms with van der Waals surface area (Å²) in [6.07, 6.45) is 2.25. The van der Waals surface area contributed by atoms with Crippen molar-refractivity contribution in [2.24, 2.45) is 17.8 Å². The minimum atomic E-state index is -1.09. The highest BCUT2D eigenvalue weighted by molar-refractivity contribution is 6.21. The fourth-order valence-corrected chi connectivity index (χ4v) is 6.02. The zero-order valence-corrected chi connectivity index (χ0v) is 20.3. The van der Waals surface area contributed by atoms with Crippen LogP contribution in [-0.2, 0) is 4.79 Å². The Balaban J connectivity index is 1.47. The molecule has 5 rings (SSSR count). The van der Waals surface area contributed by atoms with Crippen LogP contribution >= 0.6 is 0 Å². The van der Waals surface area contributed by atoms with Gasteiger partial charge in [0.2, 0.25) is 5.91 Å². The van der Waals surface area contributed by atoms with Gasteiger partial charge >= 0.3 is 0 Å². The molecule has 4 amide bonds. The first kappa shape index (κ1) is 23.3. The Kier molecular flexibility index (Phi) is 5.74. The van der Waals surface area contributed by atoms with Crippen molar-refractivity contribution < 1.29 is 23.9 Å². The van der Waals surface area contributed by atoms with Crippen LogP contribution in [0.3, 0.4) is 0 Å². The first-order valence-electron chi connectivity index (χ1n) is 12.3. The molecular weight excluding hydrogens is 444 g/mol. The number of para-hydroxylation sites is 1. The maximum atomic E-state index is 13.8. The second-order valence-electron chi connectivity index (χ2n) is 10.3. The Morgan fingerprint density at radius 2 is 1.54 bits per heavy atom. The van der Waals surface area contributed by atoms with E-state index in [0.717, 1.165) is 17.7 Å². The summed E-state index contributed by atoms with van der Waals surface area (Å²) in [6, 6.07) is 13.7. The quantitative estimate of drug-likeness (QED) is 0.609. The number of carbonyl (C=O) groups excluding carboxylic acids is 4. The lowest BCUT2D eigenvalue weighted by Gasteiger charge is -2.54. The Morgan fingerprint density at radius 1 is 0.943 bits per heavy atom. The molecular formula is C28H30N2O5. The van der Waals surface area contributed by atoms with E-state index >= 15 is 0 Å². The van der Waals surface area contributed by atoms with Gasteiger partial charge in [-0.2, -0.15) is 0 Å². The van der Waals surface area contributed by atoms with E-state index in [9.17, 15) is 19.2 Å². The van der Waals surface area contributed by atoms with Crippen molar-refractivity contribution in [1.29, 1.82) is 0 Å². The highest BCUT2D eigenvalue weighted by Crippen LogP contribution is 2.49. The number of carbonyl (C=O) groups is 4. The molecule has 7 nitrogen and oxygen atoms in total. The first-order chi connectivity index (χ1) is 16.7. The zero-order chi connectivity index (χ0) is 24.9. The van der Waals surface area contributed by atoms with Crippen LogP contribution in [0.5, 0.6) is 5.75 Å². The van der Waals surface area contributed by atoms with Gasteiger partial charge < -0.3 is 4.74 Å². The fraction of sp³-hybridized carbons (Fsp3) is 0.429. The molecule has 1 fully saturated rings. The molecule has 1 aliphatic carbocycles. The number of hydrogen-bond donors (Lipinski definition) is 0.